The second-order valence-corrected chi connectivity index (χ2v) is 7.30. The summed E-state index contributed by atoms with van der Waals surface area (Å²) in [6, 6.07) is 8.18. The molecule has 0 aliphatic carbocycles. The third kappa shape index (κ3) is 3.53. The Morgan fingerprint density at radius 2 is 1.92 bits per heavy atom. The van der Waals surface area contributed by atoms with Crippen molar-refractivity contribution in [1.29, 1.82) is 0 Å². The van der Waals surface area contributed by atoms with Gasteiger partial charge in [-0.1, -0.05) is 20.8 Å². The zero-order chi connectivity index (χ0) is 17.1. The molecular weight excluding hydrogens is 298 g/mol. The number of hydrogen-bond donors (Lipinski definition) is 0. The van der Waals surface area contributed by atoms with E-state index in [0.717, 1.165) is 30.6 Å². The molecule has 1 aromatic heterocycles. The fourth-order valence-corrected chi connectivity index (χ4v) is 3.58. The lowest BCUT2D eigenvalue weighted by Crippen LogP contribution is -2.42. The van der Waals surface area contributed by atoms with Crippen LogP contribution in [0.15, 0.2) is 43.0 Å². The van der Waals surface area contributed by atoms with Gasteiger partial charge in [0.05, 0.1) is 6.33 Å². The molecule has 0 N–H and O–H groups in total. The van der Waals surface area contributed by atoms with E-state index in [4.69, 9.17) is 0 Å². The van der Waals surface area contributed by atoms with Gasteiger partial charge in [-0.3, -0.25) is 4.79 Å². The smallest absolute Gasteiger partial charge is 0.254 e. The Balaban J connectivity index is 1.81. The van der Waals surface area contributed by atoms with E-state index < -0.39 is 0 Å². The van der Waals surface area contributed by atoms with Crippen LogP contribution in [0.3, 0.4) is 0 Å². The monoisotopic (exact) mass is 325 g/mol. The standard InChI is InChI=1S/C20H27N3O/c1-15(2)19-9-4-16(3)10-12-23(19)20(24)17-5-7-18(8-6-17)22-13-11-21-14-22/h5-8,11,13-16,19H,4,9-10,12H2,1-3H3. The van der Waals surface area contributed by atoms with Gasteiger partial charge in [-0.15, -0.1) is 0 Å². The van der Waals surface area contributed by atoms with Crippen molar-refractivity contribution in [1.82, 2.24) is 14.5 Å². The predicted molar refractivity (Wildman–Crippen MR) is 96.2 cm³/mol. The first-order valence-electron chi connectivity index (χ1n) is 8.95. The van der Waals surface area contributed by atoms with Crippen LogP contribution >= 0.6 is 0 Å². The van der Waals surface area contributed by atoms with Gasteiger partial charge in [0.1, 0.15) is 0 Å². The number of likely N-dealkylation sites (tertiary alicyclic amines) is 1. The minimum atomic E-state index is 0.167. The lowest BCUT2D eigenvalue weighted by Gasteiger charge is -2.33. The number of imidazole rings is 1. The Hall–Kier alpha value is -2.10. The summed E-state index contributed by atoms with van der Waals surface area (Å²) in [4.78, 5) is 19.3. The third-order valence-electron chi connectivity index (χ3n) is 5.17. The van der Waals surface area contributed by atoms with Gasteiger partial charge in [-0.2, -0.15) is 0 Å². The Morgan fingerprint density at radius 1 is 1.17 bits per heavy atom. The first kappa shape index (κ1) is 16.7. The lowest BCUT2D eigenvalue weighted by molar-refractivity contribution is 0.0631. The van der Waals surface area contributed by atoms with Gasteiger partial charge in [0.2, 0.25) is 0 Å². The van der Waals surface area contributed by atoms with Crippen molar-refractivity contribution in [3.05, 3.63) is 48.5 Å². The zero-order valence-corrected chi connectivity index (χ0v) is 14.9. The maximum absolute atomic E-state index is 13.1. The molecule has 1 amide bonds. The van der Waals surface area contributed by atoms with Crippen LogP contribution in [-0.4, -0.2) is 32.9 Å². The molecule has 3 rings (SSSR count). The Kier molecular flexibility index (Phi) is 5.03. The first-order chi connectivity index (χ1) is 11.6. The first-order valence-corrected chi connectivity index (χ1v) is 8.95. The summed E-state index contributed by atoms with van der Waals surface area (Å²) in [7, 11) is 0. The number of amides is 1. The quantitative estimate of drug-likeness (QED) is 0.850. The molecule has 2 atom stereocenters. The molecule has 1 saturated heterocycles. The van der Waals surface area contributed by atoms with E-state index in [-0.39, 0.29) is 5.91 Å². The van der Waals surface area contributed by atoms with Crippen LogP contribution in [0.5, 0.6) is 0 Å². The van der Waals surface area contributed by atoms with Crippen molar-refractivity contribution in [2.75, 3.05) is 6.54 Å². The summed E-state index contributed by atoms with van der Waals surface area (Å²) in [5, 5.41) is 0. The summed E-state index contributed by atoms with van der Waals surface area (Å²) in [5.41, 5.74) is 1.80. The van der Waals surface area contributed by atoms with E-state index in [0.29, 0.717) is 17.9 Å². The van der Waals surface area contributed by atoms with E-state index in [1.54, 1.807) is 12.5 Å². The van der Waals surface area contributed by atoms with Crippen LogP contribution in [0.1, 0.15) is 50.4 Å². The Labute approximate surface area is 144 Å². The molecule has 1 aromatic carbocycles. The molecule has 2 aromatic rings. The van der Waals surface area contributed by atoms with Gasteiger partial charge in [0.25, 0.3) is 5.91 Å². The van der Waals surface area contributed by atoms with E-state index in [1.807, 2.05) is 35.0 Å². The van der Waals surface area contributed by atoms with Crippen LogP contribution in [-0.2, 0) is 0 Å². The molecule has 0 spiro atoms. The average Bonchev–Trinajstić information content (AvgIpc) is 3.04. The molecule has 1 aliphatic heterocycles. The van der Waals surface area contributed by atoms with Crippen molar-refractivity contribution in [3.8, 4) is 5.69 Å². The number of carbonyl (C=O) groups excluding carboxylic acids is 1. The number of nitrogens with zero attached hydrogens (tertiary/aromatic N) is 3. The van der Waals surface area contributed by atoms with Gasteiger partial charge in [0, 0.05) is 36.2 Å². The molecule has 128 valence electrons. The molecule has 0 bridgehead atoms. The fraction of sp³-hybridized carbons (Fsp3) is 0.500. The van der Waals surface area contributed by atoms with Crippen molar-refractivity contribution in [2.45, 2.75) is 46.1 Å². The van der Waals surface area contributed by atoms with Gasteiger partial charge in [-0.05, 0) is 55.4 Å². The summed E-state index contributed by atoms with van der Waals surface area (Å²) in [6.45, 7) is 7.61. The van der Waals surface area contributed by atoms with Crippen molar-refractivity contribution >= 4 is 5.91 Å². The molecule has 4 heteroatoms. The lowest BCUT2D eigenvalue weighted by atomic mass is 9.95. The zero-order valence-electron chi connectivity index (χ0n) is 14.9. The van der Waals surface area contributed by atoms with Gasteiger partial charge in [0.15, 0.2) is 0 Å². The summed E-state index contributed by atoms with van der Waals surface area (Å²) < 4.78 is 1.94. The number of benzene rings is 1. The molecule has 0 radical (unpaired) electrons. The third-order valence-corrected chi connectivity index (χ3v) is 5.17. The minimum Gasteiger partial charge on any atom is -0.335 e. The second kappa shape index (κ2) is 7.20. The SMILES string of the molecule is CC1CCC(C(C)C)N(C(=O)c2ccc(-n3ccnc3)cc2)CC1. The average molecular weight is 325 g/mol. The molecule has 2 heterocycles. The fourth-order valence-electron chi connectivity index (χ4n) is 3.58. The highest BCUT2D eigenvalue weighted by Crippen LogP contribution is 2.27. The molecule has 1 aliphatic rings. The van der Waals surface area contributed by atoms with Gasteiger partial charge in [-0.25, -0.2) is 4.98 Å². The number of carbonyl (C=O) groups is 1. The largest absolute Gasteiger partial charge is 0.335 e. The van der Waals surface area contributed by atoms with E-state index in [2.05, 4.69) is 30.7 Å². The number of hydrogen-bond acceptors (Lipinski definition) is 2. The van der Waals surface area contributed by atoms with Crippen molar-refractivity contribution in [2.24, 2.45) is 11.8 Å². The number of aromatic nitrogens is 2. The summed E-state index contributed by atoms with van der Waals surface area (Å²) in [6.07, 6.45) is 8.85. The van der Waals surface area contributed by atoms with Crippen molar-refractivity contribution < 1.29 is 4.79 Å². The van der Waals surface area contributed by atoms with E-state index >= 15 is 0 Å². The van der Waals surface area contributed by atoms with Gasteiger partial charge < -0.3 is 9.47 Å². The maximum atomic E-state index is 13.1. The van der Waals surface area contributed by atoms with Crippen molar-refractivity contribution in [3.63, 3.8) is 0 Å². The van der Waals surface area contributed by atoms with E-state index in [9.17, 15) is 4.79 Å². The van der Waals surface area contributed by atoms with Crippen LogP contribution < -0.4 is 0 Å². The molecule has 4 nitrogen and oxygen atoms in total. The van der Waals surface area contributed by atoms with Crippen LogP contribution in [0, 0.1) is 11.8 Å². The number of rotatable bonds is 3. The summed E-state index contributed by atoms with van der Waals surface area (Å²) >= 11 is 0. The highest BCUT2D eigenvalue weighted by atomic mass is 16.2. The van der Waals surface area contributed by atoms with Crippen LogP contribution in [0.2, 0.25) is 0 Å². The Morgan fingerprint density at radius 3 is 2.54 bits per heavy atom. The maximum Gasteiger partial charge on any atom is 0.254 e. The molecular formula is C20H27N3O. The predicted octanol–water partition coefficient (Wildman–Crippen LogP) is 4.16. The van der Waals surface area contributed by atoms with Crippen LogP contribution in [0.25, 0.3) is 5.69 Å². The normalized spacial score (nSPS) is 21.8. The van der Waals surface area contributed by atoms with E-state index in [1.165, 1.54) is 6.42 Å². The molecule has 0 saturated carbocycles. The molecule has 2 unspecified atom stereocenters. The molecule has 24 heavy (non-hydrogen) atoms. The topological polar surface area (TPSA) is 38.1 Å². The summed E-state index contributed by atoms with van der Waals surface area (Å²) in [5.74, 6) is 1.36. The minimum absolute atomic E-state index is 0.167. The highest BCUT2D eigenvalue weighted by molar-refractivity contribution is 5.94. The highest BCUT2D eigenvalue weighted by Gasteiger charge is 2.30. The second-order valence-electron chi connectivity index (χ2n) is 7.30. The van der Waals surface area contributed by atoms with Crippen LogP contribution in [0.4, 0.5) is 0 Å². The van der Waals surface area contributed by atoms with Gasteiger partial charge >= 0.3 is 0 Å². The Bertz CT molecular complexity index is 661. The molecule has 1 fully saturated rings.